The predicted octanol–water partition coefficient (Wildman–Crippen LogP) is 16.5. The normalized spacial score (nSPS) is 29.6. The molecule has 0 saturated carbocycles. The van der Waals surface area contributed by atoms with Crippen LogP contribution >= 0.6 is 0 Å². The van der Waals surface area contributed by atoms with Gasteiger partial charge >= 0.3 is 0 Å². The number of rotatable bonds is 5. The zero-order valence-corrected chi connectivity index (χ0v) is 80.0. The van der Waals surface area contributed by atoms with Crippen molar-refractivity contribution >= 4 is 11.8 Å². The third kappa shape index (κ3) is 29.3. The number of piperidine rings is 1. The van der Waals surface area contributed by atoms with E-state index in [2.05, 4.69) is 322 Å². The van der Waals surface area contributed by atoms with Crippen molar-refractivity contribution in [3.63, 3.8) is 0 Å². The number of carbonyl (C=O) groups excluding carboxylic acids is 2. The molecule has 16 nitrogen and oxygen atoms in total. The van der Waals surface area contributed by atoms with Crippen molar-refractivity contribution in [2.75, 3.05) is 105 Å². The van der Waals surface area contributed by atoms with E-state index in [0.29, 0.717) is 99.7 Å². The maximum Gasteiger partial charge on any atom is 0.243 e. The van der Waals surface area contributed by atoms with Crippen LogP contribution in [0.15, 0.2) is 0 Å². The molecule has 0 aromatic heterocycles. The molecule has 2 amide bonds. The standard InChI is InChI=1S/C15H30N2.C15H32N2.C13H28N2.C12H22N2O2.C12H24N2.2C12H26N2/c1-14(2,3)16-9-12-7-8-13(11-16)17(10-12)15(4,5)6;1-10(2)16-11(3)13(5)17(15(7,8)9)14(6)12(16)4;1-10(2)15-11(3)8-14(9-12(15)4)13(5,6)7;1-11(2,3)13-7-10(16)14(8-9(13)15)12(4,5)6;1-9(2)13-7-11-6-10(13)8-14(11)12(3,4)5;1-10(2)14-8-7-13(9-11(14)3)12(4,5)6;1-11(2)13-7-6-8-14(10-9-13)12(3,4)5/h12-13H,7-11H2,1-6H3;10-14H,1-9H3;10-12H,8-9H2,1-7H3;7-8H2,1-6H3;9-11H,6-8H2,1-5H3;10-11H,7-9H2,1-6H3;11H,6-10H2,1-5H3. The number of likely N-dealkylation sites (tertiary alicyclic amines) is 2. The minimum Gasteiger partial charge on any atom is -0.327 e. The van der Waals surface area contributed by atoms with Crippen LogP contribution in [0.2, 0.25) is 0 Å². The fourth-order valence-electron chi connectivity index (χ4n) is 19.7. The van der Waals surface area contributed by atoms with Crippen molar-refractivity contribution in [1.29, 1.82) is 0 Å². The molecule has 10 saturated heterocycles. The Morgan fingerprint density at radius 3 is 1.05 bits per heavy atom. The van der Waals surface area contributed by atoms with Gasteiger partial charge < -0.3 is 9.80 Å². The summed E-state index contributed by atoms with van der Waals surface area (Å²) in [5, 5.41) is 0. The van der Waals surface area contributed by atoms with Gasteiger partial charge in [-0.05, 0) is 349 Å². The first kappa shape index (κ1) is 99.7. The number of hydrogen-bond donors (Lipinski definition) is 0. The van der Waals surface area contributed by atoms with Crippen LogP contribution in [0, 0.1) is 5.92 Å². The summed E-state index contributed by atoms with van der Waals surface area (Å²) in [6.45, 7) is 118. The smallest absolute Gasteiger partial charge is 0.243 e. The summed E-state index contributed by atoms with van der Waals surface area (Å²) in [6.07, 6.45) is 5.54. The van der Waals surface area contributed by atoms with Crippen LogP contribution in [-0.4, -0.2) is 326 Å². The van der Waals surface area contributed by atoms with Gasteiger partial charge in [0.1, 0.15) is 13.1 Å². The van der Waals surface area contributed by atoms with Crippen LogP contribution in [0.25, 0.3) is 0 Å². The molecule has 10 heterocycles. The second kappa shape index (κ2) is 39.4. The Morgan fingerprint density at radius 1 is 0.299 bits per heavy atom. The van der Waals surface area contributed by atoms with E-state index < -0.39 is 0 Å². The summed E-state index contributed by atoms with van der Waals surface area (Å²) in [5.74, 6) is 0.941. The fraction of sp³-hybridized carbons (Fsp3) is 0.978. The summed E-state index contributed by atoms with van der Waals surface area (Å²) >= 11 is 0. The third-order valence-corrected chi connectivity index (χ3v) is 25.8. The first-order valence-electron chi connectivity index (χ1n) is 43.9. The Bertz CT molecular complexity index is 2520. The highest BCUT2D eigenvalue weighted by molar-refractivity contribution is 5.93. The molecule has 0 aromatic rings. The quantitative estimate of drug-likeness (QED) is 0.262. The Balaban J connectivity index is 0.000000324. The van der Waals surface area contributed by atoms with Gasteiger partial charge in [0.25, 0.3) is 0 Å². The highest BCUT2D eigenvalue weighted by Crippen LogP contribution is 2.39. The van der Waals surface area contributed by atoms with Gasteiger partial charge in [0.15, 0.2) is 0 Å². The molecule has 10 aliphatic heterocycles. The first-order chi connectivity index (χ1) is 48.1. The molecular formula is C91H188N14O2. The molecule has 107 heavy (non-hydrogen) atoms. The highest BCUT2D eigenvalue weighted by Gasteiger charge is 2.49. The van der Waals surface area contributed by atoms with Gasteiger partial charge in [-0.1, -0.05) is 0 Å². The fourth-order valence-corrected chi connectivity index (χ4v) is 19.7. The SMILES string of the molecule is CC(C)(C)N1CC(=O)N(C(C)(C)C)CC1=O.CC(C)(C)N1CC2CCC(C1)N(C(C)(C)C)C2.CC(C)N1C(C)C(C)N(C(C)(C)C)C(C)C1C.CC(C)N1C(C)CN(C(C)(C)C)CC1C.CC(C)N1CC2CC1CN2C(C)(C)C.CC(C)N1CCCN(C(C)(C)C)CC1.CC(C)N1CCN(C(C)(C)C)CC1C. The Morgan fingerprint density at radius 2 is 0.701 bits per heavy atom. The van der Waals surface area contributed by atoms with E-state index in [1.54, 1.807) is 9.80 Å². The van der Waals surface area contributed by atoms with Crippen molar-refractivity contribution in [2.45, 2.75) is 471 Å². The lowest BCUT2D eigenvalue weighted by atomic mass is 9.88. The van der Waals surface area contributed by atoms with Gasteiger partial charge in [-0.3, -0.25) is 68.4 Å². The Hall–Kier alpha value is -1.54. The van der Waals surface area contributed by atoms with Gasteiger partial charge in [-0.25, -0.2) is 0 Å². The zero-order chi connectivity index (χ0) is 83.1. The monoisotopic (exact) mass is 1510 g/mol. The summed E-state index contributed by atoms with van der Waals surface area (Å²) in [7, 11) is 0. The molecule has 634 valence electrons. The summed E-state index contributed by atoms with van der Waals surface area (Å²) in [4.78, 5) is 59.1. The maximum absolute atomic E-state index is 12.0. The van der Waals surface area contributed by atoms with Crippen molar-refractivity contribution in [3.05, 3.63) is 0 Å². The number of nitrogens with zero attached hydrogens (tertiary/aromatic N) is 14. The van der Waals surface area contributed by atoms with Crippen LogP contribution in [-0.2, 0) is 9.59 Å². The molecule has 16 heteroatoms. The largest absolute Gasteiger partial charge is 0.327 e. The van der Waals surface area contributed by atoms with Crippen molar-refractivity contribution < 1.29 is 9.59 Å². The maximum atomic E-state index is 12.0. The molecular weight excluding hydrogens is 1320 g/mol. The van der Waals surface area contributed by atoms with E-state index in [-0.39, 0.29) is 41.5 Å². The number of fused-ring (bicyclic) bond motifs is 6. The lowest BCUT2D eigenvalue weighted by molar-refractivity contribution is -0.158. The van der Waals surface area contributed by atoms with Crippen LogP contribution in [0.4, 0.5) is 0 Å². The predicted molar refractivity (Wildman–Crippen MR) is 467 cm³/mol. The number of carbonyl (C=O) groups is 2. The van der Waals surface area contributed by atoms with Gasteiger partial charge in [0.05, 0.1) is 0 Å². The van der Waals surface area contributed by atoms with Crippen molar-refractivity contribution in [3.8, 4) is 0 Å². The average molecular weight is 1510 g/mol. The summed E-state index contributed by atoms with van der Waals surface area (Å²) < 4.78 is 0. The molecule has 11 unspecified atom stereocenters. The lowest BCUT2D eigenvalue weighted by Crippen LogP contribution is -2.70. The van der Waals surface area contributed by atoms with Crippen molar-refractivity contribution in [1.82, 2.24) is 68.6 Å². The van der Waals surface area contributed by atoms with Crippen LogP contribution in [0.1, 0.15) is 330 Å². The topological polar surface area (TPSA) is 79.5 Å². The van der Waals surface area contributed by atoms with Crippen LogP contribution in [0.5, 0.6) is 0 Å². The molecule has 0 N–H and O–H groups in total. The third-order valence-electron chi connectivity index (χ3n) is 25.8. The van der Waals surface area contributed by atoms with E-state index in [9.17, 15) is 9.59 Å². The second-order valence-electron chi connectivity index (χ2n) is 45.3. The molecule has 10 fully saturated rings. The molecule has 4 bridgehead atoms. The number of piperazine rings is 5. The lowest BCUT2D eigenvalue weighted by Gasteiger charge is -2.58. The van der Waals surface area contributed by atoms with E-state index in [0.717, 1.165) is 30.1 Å². The number of amides is 2. The molecule has 11 atom stereocenters. The Labute approximate surface area is 668 Å². The van der Waals surface area contributed by atoms with Gasteiger partial charge in [-0.15, -0.1) is 0 Å². The Kier molecular flexibility index (Phi) is 36.7. The molecule has 0 aromatic carbocycles. The highest BCUT2D eigenvalue weighted by atomic mass is 16.2. The molecule has 0 aliphatic carbocycles. The van der Waals surface area contributed by atoms with E-state index in [4.69, 9.17) is 0 Å². The van der Waals surface area contributed by atoms with E-state index in [1.165, 1.54) is 117 Å². The van der Waals surface area contributed by atoms with Crippen LogP contribution in [0.3, 0.4) is 0 Å². The van der Waals surface area contributed by atoms with Gasteiger partial charge in [-0.2, -0.15) is 0 Å². The molecule has 0 spiro atoms. The molecule has 10 aliphatic rings. The zero-order valence-electron chi connectivity index (χ0n) is 80.0. The van der Waals surface area contributed by atoms with Gasteiger partial charge in [0, 0.05) is 219 Å². The van der Waals surface area contributed by atoms with E-state index >= 15 is 0 Å². The first-order valence-corrected chi connectivity index (χ1v) is 43.9. The number of hydrogen-bond acceptors (Lipinski definition) is 14. The molecule has 0 radical (unpaired) electrons. The molecule has 10 rings (SSSR count). The average Bonchev–Trinajstić information content (AvgIpc) is 1.66. The summed E-state index contributed by atoms with van der Waals surface area (Å²) in [6, 6.07) is 10.4. The van der Waals surface area contributed by atoms with Crippen molar-refractivity contribution in [2.24, 2.45) is 5.92 Å². The van der Waals surface area contributed by atoms with Crippen LogP contribution < -0.4 is 0 Å². The minimum absolute atomic E-state index is 0.0297. The van der Waals surface area contributed by atoms with E-state index in [1.807, 2.05) is 41.5 Å². The van der Waals surface area contributed by atoms with Gasteiger partial charge in [0.2, 0.25) is 11.8 Å². The summed E-state index contributed by atoms with van der Waals surface area (Å²) in [5.41, 5.74) is 1.70. The minimum atomic E-state index is -0.281. The second-order valence-corrected chi connectivity index (χ2v) is 45.3.